The van der Waals surface area contributed by atoms with Gasteiger partial charge in [-0.1, -0.05) is 30.3 Å². The molecule has 0 atom stereocenters. The van der Waals surface area contributed by atoms with Crippen molar-refractivity contribution in [2.24, 2.45) is 0 Å². The van der Waals surface area contributed by atoms with Crippen molar-refractivity contribution in [3.8, 4) is 0 Å². The molecule has 0 unspecified atom stereocenters. The predicted molar refractivity (Wildman–Crippen MR) is 83.9 cm³/mol. The average molecular weight is 302 g/mol. The van der Waals surface area contributed by atoms with E-state index in [1.54, 1.807) is 18.2 Å². The minimum absolute atomic E-state index is 0.341. The number of anilines is 1. The van der Waals surface area contributed by atoms with Crippen LogP contribution >= 0.6 is 0 Å². The van der Waals surface area contributed by atoms with Gasteiger partial charge >= 0.3 is 0 Å². The Morgan fingerprint density at radius 2 is 1.86 bits per heavy atom. The third kappa shape index (κ3) is 3.09. The molecule has 21 heavy (non-hydrogen) atoms. The first-order valence-electron chi connectivity index (χ1n) is 6.88. The summed E-state index contributed by atoms with van der Waals surface area (Å²) in [4.78, 5) is 0.341. The molecule has 0 spiro atoms. The van der Waals surface area contributed by atoms with E-state index in [0.717, 1.165) is 18.7 Å². The van der Waals surface area contributed by atoms with E-state index >= 15 is 0 Å². The van der Waals surface area contributed by atoms with Crippen LogP contribution in [0.15, 0.2) is 47.4 Å². The van der Waals surface area contributed by atoms with Crippen molar-refractivity contribution in [2.45, 2.75) is 24.5 Å². The van der Waals surface area contributed by atoms with E-state index in [2.05, 4.69) is 28.8 Å². The van der Waals surface area contributed by atoms with Gasteiger partial charge < -0.3 is 10.6 Å². The summed E-state index contributed by atoms with van der Waals surface area (Å²) in [5.41, 5.74) is 4.47. The van der Waals surface area contributed by atoms with Gasteiger partial charge in [0.05, 0.1) is 10.6 Å². The quantitative estimate of drug-likeness (QED) is 0.910. The van der Waals surface area contributed by atoms with Crippen molar-refractivity contribution in [3.05, 3.63) is 59.2 Å². The van der Waals surface area contributed by atoms with E-state index in [0.29, 0.717) is 17.1 Å². The van der Waals surface area contributed by atoms with E-state index in [1.807, 2.05) is 6.07 Å². The monoisotopic (exact) mass is 302 g/mol. The first kappa shape index (κ1) is 14.1. The number of sulfone groups is 1. The Balaban J connectivity index is 1.80. The maximum Gasteiger partial charge on any atom is 0.177 e. The van der Waals surface area contributed by atoms with Crippen LogP contribution in [0.3, 0.4) is 0 Å². The smallest absolute Gasteiger partial charge is 0.177 e. The lowest BCUT2D eigenvalue weighted by Gasteiger charge is -2.11. The summed E-state index contributed by atoms with van der Waals surface area (Å²) in [7, 11) is -3.22. The third-order valence-electron chi connectivity index (χ3n) is 3.67. The van der Waals surface area contributed by atoms with Crippen LogP contribution in [0.5, 0.6) is 0 Å². The first-order valence-corrected chi connectivity index (χ1v) is 8.77. The minimum atomic E-state index is -3.22. The minimum Gasteiger partial charge on any atom is -0.380 e. The van der Waals surface area contributed by atoms with Crippen molar-refractivity contribution in [1.29, 1.82) is 0 Å². The molecule has 3 rings (SSSR count). The highest BCUT2D eigenvalue weighted by molar-refractivity contribution is 7.90. The molecule has 0 aromatic heterocycles. The fourth-order valence-corrected chi connectivity index (χ4v) is 3.46. The fourth-order valence-electron chi connectivity index (χ4n) is 2.59. The SMILES string of the molecule is CS(=O)(=O)c1ccccc1NCc1ccc2c(c1)CNC2. The summed E-state index contributed by atoms with van der Waals surface area (Å²) >= 11 is 0. The van der Waals surface area contributed by atoms with Crippen molar-refractivity contribution < 1.29 is 8.42 Å². The van der Waals surface area contributed by atoms with Gasteiger partial charge in [0.1, 0.15) is 0 Å². The number of hydrogen-bond acceptors (Lipinski definition) is 4. The molecule has 0 saturated heterocycles. The standard InChI is InChI=1S/C16H18N2O2S/c1-21(19,20)16-5-3-2-4-15(16)18-9-12-6-7-13-10-17-11-14(13)8-12/h2-8,17-18H,9-11H2,1H3. The fraction of sp³-hybridized carbons (Fsp3) is 0.250. The van der Waals surface area contributed by atoms with Crippen LogP contribution in [0.2, 0.25) is 0 Å². The molecule has 0 bridgehead atoms. The van der Waals surface area contributed by atoms with Crippen LogP contribution in [0, 0.1) is 0 Å². The number of hydrogen-bond donors (Lipinski definition) is 2. The van der Waals surface area contributed by atoms with Crippen molar-refractivity contribution in [3.63, 3.8) is 0 Å². The second kappa shape index (κ2) is 5.50. The molecule has 0 aliphatic carbocycles. The van der Waals surface area contributed by atoms with Crippen LogP contribution in [-0.2, 0) is 29.5 Å². The van der Waals surface area contributed by atoms with Crippen LogP contribution in [-0.4, -0.2) is 14.7 Å². The molecule has 2 aromatic carbocycles. The highest BCUT2D eigenvalue weighted by atomic mass is 32.2. The molecule has 1 aliphatic heterocycles. The maximum atomic E-state index is 11.8. The molecule has 0 saturated carbocycles. The second-order valence-corrected chi connectivity index (χ2v) is 7.31. The Morgan fingerprint density at radius 1 is 1.10 bits per heavy atom. The van der Waals surface area contributed by atoms with Crippen LogP contribution in [0.4, 0.5) is 5.69 Å². The molecule has 5 heteroatoms. The number of para-hydroxylation sites is 1. The molecule has 0 amide bonds. The predicted octanol–water partition coefficient (Wildman–Crippen LogP) is 2.31. The highest BCUT2D eigenvalue weighted by Gasteiger charge is 2.13. The average Bonchev–Trinajstić information content (AvgIpc) is 2.92. The van der Waals surface area contributed by atoms with Gasteiger partial charge in [-0.3, -0.25) is 0 Å². The van der Waals surface area contributed by atoms with Crippen molar-refractivity contribution in [2.75, 3.05) is 11.6 Å². The number of fused-ring (bicyclic) bond motifs is 1. The van der Waals surface area contributed by atoms with Crippen molar-refractivity contribution >= 4 is 15.5 Å². The van der Waals surface area contributed by atoms with Gasteiger partial charge in [0.2, 0.25) is 0 Å². The van der Waals surface area contributed by atoms with Crippen LogP contribution < -0.4 is 10.6 Å². The summed E-state index contributed by atoms with van der Waals surface area (Å²) < 4.78 is 23.5. The van der Waals surface area contributed by atoms with Gasteiger partial charge in [0.25, 0.3) is 0 Å². The lowest BCUT2D eigenvalue weighted by molar-refractivity contribution is 0.602. The van der Waals surface area contributed by atoms with Gasteiger partial charge in [-0.2, -0.15) is 0 Å². The molecule has 4 nitrogen and oxygen atoms in total. The van der Waals surface area contributed by atoms with Gasteiger partial charge in [0, 0.05) is 25.9 Å². The summed E-state index contributed by atoms with van der Waals surface area (Å²) in [6, 6.07) is 13.4. The molecule has 1 heterocycles. The molecule has 0 radical (unpaired) electrons. The number of benzene rings is 2. The summed E-state index contributed by atoms with van der Waals surface area (Å²) in [5.74, 6) is 0. The van der Waals surface area contributed by atoms with E-state index in [9.17, 15) is 8.42 Å². The Morgan fingerprint density at radius 3 is 2.67 bits per heavy atom. The van der Waals surface area contributed by atoms with E-state index in [1.165, 1.54) is 17.4 Å². The zero-order valence-electron chi connectivity index (χ0n) is 11.9. The molecular weight excluding hydrogens is 284 g/mol. The summed E-state index contributed by atoms with van der Waals surface area (Å²) in [6.07, 6.45) is 1.23. The summed E-state index contributed by atoms with van der Waals surface area (Å²) in [6.45, 7) is 2.45. The topological polar surface area (TPSA) is 58.2 Å². The molecular formula is C16H18N2O2S. The van der Waals surface area contributed by atoms with E-state index in [-0.39, 0.29) is 0 Å². The van der Waals surface area contributed by atoms with Gasteiger partial charge in [0.15, 0.2) is 9.84 Å². The Hall–Kier alpha value is -1.85. The second-order valence-electron chi connectivity index (χ2n) is 5.33. The highest BCUT2D eigenvalue weighted by Crippen LogP contribution is 2.22. The first-order chi connectivity index (χ1) is 10.0. The zero-order valence-corrected chi connectivity index (χ0v) is 12.7. The molecule has 0 fully saturated rings. The van der Waals surface area contributed by atoms with Gasteiger partial charge in [-0.25, -0.2) is 8.42 Å². The zero-order chi connectivity index (χ0) is 14.9. The normalized spacial score (nSPS) is 14.0. The Kier molecular flexibility index (Phi) is 3.69. The van der Waals surface area contributed by atoms with Crippen LogP contribution in [0.25, 0.3) is 0 Å². The van der Waals surface area contributed by atoms with Gasteiger partial charge in [-0.05, 0) is 28.8 Å². The molecule has 2 N–H and O–H groups in total. The summed E-state index contributed by atoms with van der Waals surface area (Å²) in [5, 5.41) is 6.55. The lowest BCUT2D eigenvalue weighted by Crippen LogP contribution is -2.06. The van der Waals surface area contributed by atoms with E-state index < -0.39 is 9.84 Å². The largest absolute Gasteiger partial charge is 0.380 e. The van der Waals surface area contributed by atoms with Crippen molar-refractivity contribution in [1.82, 2.24) is 5.32 Å². The van der Waals surface area contributed by atoms with E-state index in [4.69, 9.17) is 0 Å². The van der Waals surface area contributed by atoms with Gasteiger partial charge in [-0.15, -0.1) is 0 Å². The molecule has 110 valence electrons. The Labute approximate surface area is 125 Å². The maximum absolute atomic E-state index is 11.8. The molecule has 2 aromatic rings. The molecule has 1 aliphatic rings. The number of nitrogens with one attached hydrogen (secondary N) is 2. The third-order valence-corrected chi connectivity index (χ3v) is 4.83. The van der Waals surface area contributed by atoms with Crippen LogP contribution in [0.1, 0.15) is 16.7 Å². The lowest BCUT2D eigenvalue weighted by atomic mass is 10.1. The Bertz CT molecular complexity index is 770. The number of rotatable bonds is 4.